The molecule has 1 aromatic rings. The van der Waals surface area contributed by atoms with E-state index in [4.69, 9.17) is 0 Å². The van der Waals surface area contributed by atoms with Crippen molar-refractivity contribution >= 4 is 40.7 Å². The lowest BCUT2D eigenvalue weighted by atomic mass is 10.2. The van der Waals surface area contributed by atoms with E-state index in [1.807, 2.05) is 12.1 Å². The molecule has 0 aromatic heterocycles. The van der Waals surface area contributed by atoms with Gasteiger partial charge in [-0.2, -0.15) is 0 Å². The highest BCUT2D eigenvalue weighted by molar-refractivity contribution is 14.1. The summed E-state index contributed by atoms with van der Waals surface area (Å²) in [6, 6.07) is 5.50. The Bertz CT molecular complexity index is 470. The molecule has 0 saturated carbocycles. The van der Waals surface area contributed by atoms with Crippen molar-refractivity contribution in [3.8, 4) is 0 Å². The fourth-order valence-corrected chi connectivity index (χ4v) is 2.86. The quantitative estimate of drug-likeness (QED) is 0.572. The maximum atomic E-state index is 10.7. The van der Waals surface area contributed by atoms with Gasteiger partial charge in [0, 0.05) is 35.3 Å². The lowest BCUT2D eigenvalue weighted by Crippen LogP contribution is -2.52. The van der Waals surface area contributed by atoms with E-state index in [0.717, 1.165) is 15.5 Å². The van der Waals surface area contributed by atoms with Gasteiger partial charge in [-0.1, -0.05) is 0 Å². The molecule has 0 atom stereocenters. The molecule has 1 aromatic carbocycles. The van der Waals surface area contributed by atoms with Crippen LogP contribution in [0.15, 0.2) is 18.2 Å². The third-order valence-corrected chi connectivity index (χ3v) is 3.85. The van der Waals surface area contributed by atoms with Crippen molar-refractivity contribution in [2.75, 3.05) is 31.1 Å². The molecule has 1 aliphatic rings. The second-order valence-electron chi connectivity index (χ2n) is 4.07. The van der Waals surface area contributed by atoms with Crippen LogP contribution in [-0.2, 0) is 0 Å². The van der Waals surface area contributed by atoms with Crippen LogP contribution in [0.4, 0.5) is 10.5 Å². The number of carbonyl (C=O) groups excluding carboxylic acids is 2. The van der Waals surface area contributed by atoms with Crippen molar-refractivity contribution in [1.29, 1.82) is 0 Å². The SMILES string of the molecule is O=Cc1ccc(N2CCN(C(=O)[O-])CC2)c(I)c1. The first kappa shape index (κ1) is 13.1. The standard InChI is InChI=1S/C12H13IN2O3/c13-10-7-9(8-16)1-2-11(10)14-3-5-15(6-4-14)12(17)18/h1-2,7-8H,3-6H2,(H,17,18)/p-1. The summed E-state index contributed by atoms with van der Waals surface area (Å²) in [5.74, 6) is 0. The third kappa shape index (κ3) is 2.74. The summed E-state index contributed by atoms with van der Waals surface area (Å²) in [6.07, 6.45) is -0.291. The Morgan fingerprint density at radius 3 is 2.44 bits per heavy atom. The van der Waals surface area contributed by atoms with Gasteiger partial charge in [-0.05, 0) is 40.8 Å². The van der Waals surface area contributed by atoms with Crippen LogP contribution in [0, 0.1) is 3.57 Å². The number of aldehydes is 1. The van der Waals surface area contributed by atoms with Crippen molar-refractivity contribution in [2.45, 2.75) is 0 Å². The van der Waals surface area contributed by atoms with Gasteiger partial charge in [0.2, 0.25) is 0 Å². The van der Waals surface area contributed by atoms with Crippen molar-refractivity contribution in [1.82, 2.24) is 4.90 Å². The monoisotopic (exact) mass is 359 g/mol. The Labute approximate surface area is 119 Å². The van der Waals surface area contributed by atoms with E-state index in [-0.39, 0.29) is 0 Å². The minimum absolute atomic E-state index is 0.452. The maximum Gasteiger partial charge on any atom is 0.150 e. The summed E-state index contributed by atoms with van der Waals surface area (Å²) in [6.45, 7) is 2.19. The highest BCUT2D eigenvalue weighted by atomic mass is 127. The molecule has 0 spiro atoms. The maximum absolute atomic E-state index is 10.7. The smallest absolute Gasteiger partial charge is 0.150 e. The molecule has 1 fully saturated rings. The minimum atomic E-state index is -1.11. The van der Waals surface area contributed by atoms with E-state index in [9.17, 15) is 14.7 Å². The fourth-order valence-electron chi connectivity index (χ4n) is 1.98. The number of piperazine rings is 1. The summed E-state index contributed by atoms with van der Waals surface area (Å²) < 4.78 is 0.999. The molecule has 0 bridgehead atoms. The van der Waals surface area contributed by atoms with Crippen LogP contribution in [0.3, 0.4) is 0 Å². The molecule has 1 aliphatic heterocycles. The number of nitrogens with zero attached hydrogens (tertiary/aromatic N) is 2. The Morgan fingerprint density at radius 1 is 1.28 bits per heavy atom. The zero-order valence-corrected chi connectivity index (χ0v) is 11.8. The van der Waals surface area contributed by atoms with Gasteiger partial charge in [-0.15, -0.1) is 0 Å². The molecule has 1 amide bonds. The average Bonchev–Trinajstić information content (AvgIpc) is 2.38. The first-order valence-corrected chi connectivity index (χ1v) is 6.65. The fraction of sp³-hybridized carbons (Fsp3) is 0.333. The van der Waals surface area contributed by atoms with Crippen LogP contribution in [0.2, 0.25) is 0 Å². The van der Waals surface area contributed by atoms with Crippen LogP contribution in [-0.4, -0.2) is 43.5 Å². The molecule has 6 heteroatoms. The Hall–Kier alpha value is -1.31. The zero-order chi connectivity index (χ0) is 13.1. The lowest BCUT2D eigenvalue weighted by Gasteiger charge is -2.37. The summed E-state index contributed by atoms with van der Waals surface area (Å²) in [5.41, 5.74) is 1.69. The molecule has 96 valence electrons. The number of carbonyl (C=O) groups is 2. The number of carboxylic acid groups (broad SMARTS) is 1. The number of rotatable bonds is 2. The van der Waals surface area contributed by atoms with Crippen molar-refractivity contribution in [3.05, 3.63) is 27.3 Å². The third-order valence-electron chi connectivity index (χ3n) is 2.99. The second kappa shape index (κ2) is 5.55. The molecule has 0 radical (unpaired) electrons. The highest BCUT2D eigenvalue weighted by Crippen LogP contribution is 2.24. The normalized spacial score (nSPS) is 15.6. The van der Waals surface area contributed by atoms with Gasteiger partial charge in [0.1, 0.15) is 12.4 Å². The number of benzene rings is 1. The van der Waals surface area contributed by atoms with E-state index in [0.29, 0.717) is 31.7 Å². The molecule has 1 heterocycles. The van der Waals surface area contributed by atoms with E-state index < -0.39 is 6.09 Å². The van der Waals surface area contributed by atoms with E-state index in [1.165, 1.54) is 4.90 Å². The Morgan fingerprint density at radius 2 is 1.94 bits per heavy atom. The summed E-state index contributed by atoms with van der Waals surface area (Å²) in [5, 5.41) is 10.7. The Kier molecular flexibility index (Phi) is 4.05. The minimum Gasteiger partial charge on any atom is -0.530 e. The predicted octanol–water partition coefficient (Wildman–Crippen LogP) is 0.569. The van der Waals surface area contributed by atoms with Gasteiger partial charge < -0.3 is 19.7 Å². The van der Waals surface area contributed by atoms with E-state index in [1.54, 1.807) is 6.07 Å². The molecule has 0 unspecified atom stereocenters. The van der Waals surface area contributed by atoms with E-state index in [2.05, 4.69) is 27.5 Å². The van der Waals surface area contributed by atoms with Gasteiger partial charge in [-0.25, -0.2) is 0 Å². The van der Waals surface area contributed by atoms with Gasteiger partial charge in [0.25, 0.3) is 0 Å². The summed E-state index contributed by atoms with van der Waals surface area (Å²) >= 11 is 2.19. The molecule has 2 rings (SSSR count). The number of amides is 1. The van der Waals surface area contributed by atoms with Gasteiger partial charge in [0.05, 0.1) is 5.69 Å². The number of anilines is 1. The van der Waals surface area contributed by atoms with Crippen molar-refractivity contribution in [3.63, 3.8) is 0 Å². The molecule has 0 aliphatic carbocycles. The molecule has 5 nitrogen and oxygen atoms in total. The predicted molar refractivity (Wildman–Crippen MR) is 73.7 cm³/mol. The first-order valence-electron chi connectivity index (χ1n) is 5.57. The molecule has 1 saturated heterocycles. The Balaban J connectivity index is 2.10. The van der Waals surface area contributed by atoms with Gasteiger partial charge in [-0.3, -0.25) is 4.79 Å². The molecular formula is C12H12IN2O3-. The van der Waals surface area contributed by atoms with Crippen LogP contribution >= 0.6 is 22.6 Å². The van der Waals surface area contributed by atoms with Crippen molar-refractivity contribution < 1.29 is 14.7 Å². The van der Waals surface area contributed by atoms with Crippen LogP contribution < -0.4 is 10.0 Å². The van der Waals surface area contributed by atoms with Crippen LogP contribution in [0.5, 0.6) is 0 Å². The van der Waals surface area contributed by atoms with Gasteiger partial charge >= 0.3 is 0 Å². The van der Waals surface area contributed by atoms with Gasteiger partial charge in [0.15, 0.2) is 0 Å². The molecule has 0 N–H and O–H groups in total. The van der Waals surface area contributed by atoms with E-state index >= 15 is 0 Å². The van der Waals surface area contributed by atoms with Crippen LogP contribution in [0.25, 0.3) is 0 Å². The first-order chi connectivity index (χ1) is 8.61. The largest absolute Gasteiger partial charge is 0.530 e. The average molecular weight is 359 g/mol. The highest BCUT2D eigenvalue weighted by Gasteiger charge is 2.18. The summed E-state index contributed by atoms with van der Waals surface area (Å²) in [7, 11) is 0. The van der Waals surface area contributed by atoms with Crippen LogP contribution in [0.1, 0.15) is 10.4 Å². The number of hydrogen-bond acceptors (Lipinski definition) is 4. The zero-order valence-electron chi connectivity index (χ0n) is 9.63. The number of hydrogen-bond donors (Lipinski definition) is 0. The van der Waals surface area contributed by atoms with Crippen molar-refractivity contribution in [2.24, 2.45) is 0 Å². The lowest BCUT2D eigenvalue weighted by molar-refractivity contribution is -0.265. The number of halogens is 1. The second-order valence-corrected chi connectivity index (χ2v) is 5.23. The summed E-state index contributed by atoms with van der Waals surface area (Å²) in [4.78, 5) is 24.8. The molecule has 18 heavy (non-hydrogen) atoms. The topological polar surface area (TPSA) is 63.7 Å². The molecular weight excluding hydrogens is 347 g/mol.